The van der Waals surface area contributed by atoms with Gasteiger partial charge in [0.25, 0.3) is 0 Å². The van der Waals surface area contributed by atoms with Crippen molar-refractivity contribution < 1.29 is 9.59 Å². The predicted octanol–water partition coefficient (Wildman–Crippen LogP) is 2.48. The number of azide groups is 1. The Morgan fingerprint density at radius 3 is 2.89 bits per heavy atom. The fourth-order valence-corrected chi connectivity index (χ4v) is 2.47. The maximum absolute atomic E-state index is 11.8. The molecule has 1 heterocycles. The van der Waals surface area contributed by atoms with Gasteiger partial charge in [-0.1, -0.05) is 5.11 Å². The number of fused-ring (bicyclic) bond motifs is 1. The molecule has 0 radical (unpaired) electrons. The Hall–Kier alpha value is -2.33. The van der Waals surface area contributed by atoms with Gasteiger partial charge in [0.1, 0.15) is 0 Å². The first-order valence-electron chi connectivity index (χ1n) is 6.01. The molecule has 1 aromatic carbocycles. The first-order valence-corrected chi connectivity index (χ1v) is 6.01. The summed E-state index contributed by atoms with van der Waals surface area (Å²) >= 11 is 0. The summed E-state index contributed by atoms with van der Waals surface area (Å²) in [6.07, 6.45) is 0.734. The zero-order valence-electron chi connectivity index (χ0n) is 10.8. The summed E-state index contributed by atoms with van der Waals surface area (Å²) in [7, 11) is 0. The molecule has 0 spiro atoms. The normalized spacial score (nSPS) is 16.7. The first-order chi connectivity index (χ1) is 9.04. The molecule has 1 aliphatic rings. The molecular formula is C13H14N4O2. The summed E-state index contributed by atoms with van der Waals surface area (Å²) in [5.41, 5.74) is 10.6. The molecule has 0 bridgehead atoms. The summed E-state index contributed by atoms with van der Waals surface area (Å²) in [4.78, 5) is 27.6. The van der Waals surface area contributed by atoms with Crippen molar-refractivity contribution in [3.05, 3.63) is 39.8 Å². The van der Waals surface area contributed by atoms with E-state index in [2.05, 4.69) is 10.0 Å². The van der Waals surface area contributed by atoms with E-state index in [1.54, 1.807) is 23.1 Å². The SMILES string of the molecule is CC(=O)N1c2ccc(C(=O)CN=[N+]=[N-])cc2CC1C. The van der Waals surface area contributed by atoms with E-state index in [1.165, 1.54) is 6.92 Å². The standard InChI is InChI=1S/C13H14N4O2/c1-8-5-11-6-10(13(19)7-15-16-14)3-4-12(11)17(8)9(2)18/h3-4,6,8H,5,7H2,1-2H3. The first kappa shape index (κ1) is 13.1. The third-order valence-corrected chi connectivity index (χ3v) is 3.23. The minimum absolute atomic E-state index is 0.000549. The highest BCUT2D eigenvalue weighted by atomic mass is 16.2. The zero-order valence-corrected chi connectivity index (χ0v) is 10.8. The number of ketones is 1. The Labute approximate surface area is 110 Å². The number of benzene rings is 1. The van der Waals surface area contributed by atoms with Crippen LogP contribution >= 0.6 is 0 Å². The summed E-state index contributed by atoms with van der Waals surface area (Å²) in [6.45, 7) is 3.33. The minimum Gasteiger partial charge on any atom is -0.309 e. The van der Waals surface area contributed by atoms with Crippen LogP contribution in [0.5, 0.6) is 0 Å². The van der Waals surface area contributed by atoms with Crippen LogP contribution in [0.3, 0.4) is 0 Å². The van der Waals surface area contributed by atoms with Crippen molar-refractivity contribution in [3.63, 3.8) is 0 Å². The number of amides is 1. The lowest BCUT2D eigenvalue weighted by atomic mass is 10.0. The van der Waals surface area contributed by atoms with Gasteiger partial charge >= 0.3 is 0 Å². The van der Waals surface area contributed by atoms with Gasteiger partial charge in [-0.2, -0.15) is 0 Å². The van der Waals surface area contributed by atoms with Crippen LogP contribution in [-0.4, -0.2) is 24.3 Å². The quantitative estimate of drug-likeness (QED) is 0.361. The van der Waals surface area contributed by atoms with Crippen molar-refractivity contribution in [1.29, 1.82) is 0 Å². The van der Waals surface area contributed by atoms with E-state index in [0.29, 0.717) is 5.56 Å². The Bertz CT molecular complexity index is 590. The molecule has 2 rings (SSSR count). The van der Waals surface area contributed by atoms with E-state index in [-0.39, 0.29) is 24.3 Å². The van der Waals surface area contributed by atoms with Gasteiger partial charge in [-0.15, -0.1) is 0 Å². The van der Waals surface area contributed by atoms with Gasteiger partial charge in [0.15, 0.2) is 5.78 Å². The molecule has 0 fully saturated rings. The minimum atomic E-state index is -0.213. The average Bonchev–Trinajstić information content (AvgIpc) is 2.70. The van der Waals surface area contributed by atoms with Gasteiger partial charge in [-0.05, 0) is 42.6 Å². The molecular weight excluding hydrogens is 244 g/mol. The van der Waals surface area contributed by atoms with Crippen LogP contribution in [0, 0.1) is 0 Å². The van der Waals surface area contributed by atoms with Crippen molar-refractivity contribution in [2.45, 2.75) is 26.3 Å². The molecule has 0 saturated heterocycles. The molecule has 0 aromatic heterocycles. The van der Waals surface area contributed by atoms with Crippen LogP contribution in [-0.2, 0) is 11.2 Å². The van der Waals surface area contributed by atoms with Crippen molar-refractivity contribution >= 4 is 17.4 Å². The Balaban J connectivity index is 2.32. The van der Waals surface area contributed by atoms with Crippen LogP contribution in [0.4, 0.5) is 5.69 Å². The highest BCUT2D eigenvalue weighted by Crippen LogP contribution is 2.32. The molecule has 0 aliphatic carbocycles. The van der Waals surface area contributed by atoms with Crippen molar-refractivity contribution in [2.24, 2.45) is 5.11 Å². The number of rotatable bonds is 3. The number of hydrogen-bond donors (Lipinski definition) is 0. The van der Waals surface area contributed by atoms with E-state index in [9.17, 15) is 9.59 Å². The van der Waals surface area contributed by atoms with Crippen LogP contribution in [0.15, 0.2) is 23.3 Å². The number of carbonyl (C=O) groups excluding carboxylic acids is 2. The maximum Gasteiger partial charge on any atom is 0.224 e. The largest absolute Gasteiger partial charge is 0.309 e. The highest BCUT2D eigenvalue weighted by Gasteiger charge is 2.29. The van der Waals surface area contributed by atoms with E-state index < -0.39 is 0 Å². The van der Waals surface area contributed by atoms with Gasteiger partial charge in [-0.3, -0.25) is 9.59 Å². The van der Waals surface area contributed by atoms with Crippen LogP contribution in [0.2, 0.25) is 0 Å². The number of carbonyl (C=O) groups is 2. The van der Waals surface area contributed by atoms with Gasteiger partial charge in [-0.25, -0.2) is 0 Å². The topological polar surface area (TPSA) is 86.1 Å². The van der Waals surface area contributed by atoms with E-state index in [0.717, 1.165) is 17.7 Å². The molecule has 0 N–H and O–H groups in total. The number of hydrogen-bond acceptors (Lipinski definition) is 3. The number of anilines is 1. The molecule has 6 nitrogen and oxygen atoms in total. The molecule has 1 aliphatic heterocycles. The molecule has 1 amide bonds. The van der Waals surface area contributed by atoms with Gasteiger partial charge in [0, 0.05) is 29.1 Å². The highest BCUT2D eigenvalue weighted by molar-refractivity contribution is 6.00. The number of nitrogens with zero attached hydrogens (tertiary/aromatic N) is 4. The smallest absolute Gasteiger partial charge is 0.224 e. The maximum atomic E-state index is 11.8. The summed E-state index contributed by atoms with van der Waals surface area (Å²) in [5.74, 6) is -0.214. The van der Waals surface area contributed by atoms with Crippen LogP contribution in [0.1, 0.15) is 29.8 Å². The summed E-state index contributed by atoms with van der Waals surface area (Å²) < 4.78 is 0. The summed E-state index contributed by atoms with van der Waals surface area (Å²) in [6, 6.07) is 5.34. The van der Waals surface area contributed by atoms with Crippen LogP contribution in [0.25, 0.3) is 10.4 Å². The lowest BCUT2D eigenvalue weighted by Gasteiger charge is -2.20. The van der Waals surface area contributed by atoms with Crippen molar-refractivity contribution in [2.75, 3.05) is 11.4 Å². The monoisotopic (exact) mass is 258 g/mol. The molecule has 6 heteroatoms. The van der Waals surface area contributed by atoms with E-state index >= 15 is 0 Å². The zero-order chi connectivity index (χ0) is 14.0. The number of Topliss-reactive ketones (excluding diaryl/α,β-unsaturated/α-hetero) is 1. The van der Waals surface area contributed by atoms with Crippen molar-refractivity contribution in [3.8, 4) is 0 Å². The Kier molecular flexibility index (Phi) is 3.53. The Morgan fingerprint density at radius 2 is 2.26 bits per heavy atom. The molecule has 0 saturated carbocycles. The molecule has 1 atom stereocenters. The lowest BCUT2D eigenvalue weighted by Crippen LogP contribution is -2.33. The second-order valence-corrected chi connectivity index (χ2v) is 4.60. The second kappa shape index (κ2) is 5.12. The fourth-order valence-electron chi connectivity index (χ4n) is 2.47. The van der Waals surface area contributed by atoms with Gasteiger partial charge < -0.3 is 4.90 Å². The molecule has 1 aromatic rings. The predicted molar refractivity (Wildman–Crippen MR) is 71.1 cm³/mol. The fraction of sp³-hybridized carbons (Fsp3) is 0.385. The van der Waals surface area contributed by atoms with Gasteiger partial charge in [0.05, 0.1) is 6.54 Å². The Morgan fingerprint density at radius 1 is 1.53 bits per heavy atom. The third-order valence-electron chi connectivity index (χ3n) is 3.23. The van der Waals surface area contributed by atoms with Crippen LogP contribution < -0.4 is 4.90 Å². The van der Waals surface area contributed by atoms with Crippen molar-refractivity contribution in [1.82, 2.24) is 0 Å². The third kappa shape index (κ3) is 2.44. The van der Waals surface area contributed by atoms with E-state index in [4.69, 9.17) is 5.53 Å². The van der Waals surface area contributed by atoms with Gasteiger partial charge in [0.2, 0.25) is 5.91 Å². The summed E-state index contributed by atoms with van der Waals surface area (Å²) in [5, 5.41) is 3.27. The molecule has 19 heavy (non-hydrogen) atoms. The lowest BCUT2D eigenvalue weighted by molar-refractivity contribution is -0.116. The second-order valence-electron chi connectivity index (χ2n) is 4.60. The molecule has 1 unspecified atom stereocenters. The van der Waals surface area contributed by atoms with E-state index in [1.807, 2.05) is 6.92 Å². The average molecular weight is 258 g/mol. The molecule has 98 valence electrons.